The summed E-state index contributed by atoms with van der Waals surface area (Å²) >= 11 is 0. The molecule has 0 spiro atoms. The van der Waals surface area contributed by atoms with Gasteiger partial charge in [0.05, 0.1) is 0 Å². The van der Waals surface area contributed by atoms with Crippen LogP contribution >= 0.6 is 0 Å². The van der Waals surface area contributed by atoms with E-state index in [1.165, 1.54) is 6.08 Å². The molecule has 20 heavy (non-hydrogen) atoms. The molecule has 2 aromatic rings. The number of nitrogens with one attached hydrogen (secondary N) is 3. The van der Waals surface area contributed by atoms with E-state index in [9.17, 15) is 9.59 Å². The van der Waals surface area contributed by atoms with Crippen molar-refractivity contribution in [3.8, 4) is 0 Å². The maximum atomic E-state index is 11.9. The van der Waals surface area contributed by atoms with Crippen LogP contribution < -0.4 is 10.6 Å². The van der Waals surface area contributed by atoms with E-state index in [1.807, 2.05) is 6.07 Å². The topological polar surface area (TPSA) is 74.0 Å². The Bertz CT molecular complexity index is 687. The molecule has 1 aromatic heterocycles. The maximum Gasteiger partial charge on any atom is 0.251 e. The van der Waals surface area contributed by atoms with E-state index in [1.54, 1.807) is 36.7 Å². The Morgan fingerprint density at radius 1 is 1.30 bits per heavy atom. The van der Waals surface area contributed by atoms with E-state index in [-0.39, 0.29) is 11.8 Å². The van der Waals surface area contributed by atoms with E-state index in [0.717, 1.165) is 11.1 Å². The lowest BCUT2D eigenvalue weighted by Crippen LogP contribution is -2.12. The van der Waals surface area contributed by atoms with Crippen molar-refractivity contribution in [2.75, 3.05) is 5.32 Å². The van der Waals surface area contributed by atoms with E-state index < -0.39 is 0 Å². The Labute approximate surface area is 115 Å². The average Bonchev–Trinajstić information content (AvgIpc) is 3.08. The fourth-order valence-corrected chi connectivity index (χ4v) is 2.16. The van der Waals surface area contributed by atoms with Crippen LogP contribution in [0.1, 0.15) is 21.5 Å². The smallest absolute Gasteiger partial charge is 0.251 e. The number of fused-ring (bicyclic) bond motifs is 1. The molecule has 0 unspecified atom stereocenters. The van der Waals surface area contributed by atoms with Crippen LogP contribution in [-0.2, 0) is 11.3 Å². The highest BCUT2D eigenvalue weighted by atomic mass is 16.2. The largest absolute Gasteiger partial charge is 0.367 e. The highest BCUT2D eigenvalue weighted by molar-refractivity contribution is 6.05. The first kappa shape index (κ1) is 12.2. The van der Waals surface area contributed by atoms with Gasteiger partial charge in [0, 0.05) is 41.8 Å². The first-order valence-corrected chi connectivity index (χ1v) is 6.26. The van der Waals surface area contributed by atoms with Crippen LogP contribution in [-0.4, -0.2) is 16.8 Å². The lowest BCUT2D eigenvalue weighted by molar-refractivity contribution is -0.111. The molecule has 1 aliphatic heterocycles. The van der Waals surface area contributed by atoms with Gasteiger partial charge in [-0.25, -0.2) is 0 Å². The molecule has 3 rings (SSSR count). The minimum atomic E-state index is -0.223. The van der Waals surface area contributed by atoms with Crippen LogP contribution in [0.15, 0.2) is 42.7 Å². The van der Waals surface area contributed by atoms with Crippen molar-refractivity contribution in [2.24, 2.45) is 0 Å². The fourth-order valence-electron chi connectivity index (χ4n) is 2.16. The molecule has 0 bridgehead atoms. The number of hydrogen-bond donors (Lipinski definition) is 3. The summed E-state index contributed by atoms with van der Waals surface area (Å²) in [4.78, 5) is 26.3. The maximum absolute atomic E-state index is 11.9. The first-order chi connectivity index (χ1) is 9.74. The van der Waals surface area contributed by atoms with Gasteiger partial charge in [0.2, 0.25) is 5.91 Å². The van der Waals surface area contributed by atoms with E-state index >= 15 is 0 Å². The van der Waals surface area contributed by atoms with Crippen LogP contribution in [0.3, 0.4) is 0 Å². The standard InChI is InChI=1S/C15H13N3O2/c19-14(5-4-10-6-7-16-8-10)18-13-3-1-2-11-12(13)9-17-15(11)20/h1-8,16H,9H2,(H,17,20)(H,18,19)/b5-4+. The fraction of sp³-hybridized carbons (Fsp3) is 0.0667. The summed E-state index contributed by atoms with van der Waals surface area (Å²) < 4.78 is 0. The number of carbonyl (C=O) groups is 2. The zero-order valence-corrected chi connectivity index (χ0v) is 10.6. The Balaban J connectivity index is 1.76. The van der Waals surface area contributed by atoms with Gasteiger partial charge < -0.3 is 15.6 Å². The Hall–Kier alpha value is -2.82. The Morgan fingerprint density at radius 3 is 3.00 bits per heavy atom. The minimum Gasteiger partial charge on any atom is -0.367 e. The Kier molecular flexibility index (Phi) is 3.09. The number of amides is 2. The van der Waals surface area contributed by atoms with Crippen LogP contribution in [0.4, 0.5) is 5.69 Å². The highest BCUT2D eigenvalue weighted by Gasteiger charge is 2.21. The number of rotatable bonds is 3. The quantitative estimate of drug-likeness (QED) is 0.743. The molecule has 0 saturated carbocycles. The van der Waals surface area contributed by atoms with Crippen LogP contribution in [0.25, 0.3) is 6.08 Å². The van der Waals surface area contributed by atoms with Gasteiger partial charge in [0.1, 0.15) is 0 Å². The zero-order chi connectivity index (χ0) is 13.9. The van der Waals surface area contributed by atoms with Gasteiger partial charge in [0.15, 0.2) is 0 Å². The zero-order valence-electron chi connectivity index (χ0n) is 10.6. The normalized spacial score (nSPS) is 13.3. The van der Waals surface area contributed by atoms with E-state index in [0.29, 0.717) is 17.8 Å². The van der Waals surface area contributed by atoms with Gasteiger partial charge in [-0.05, 0) is 29.8 Å². The van der Waals surface area contributed by atoms with Gasteiger partial charge in [-0.2, -0.15) is 0 Å². The Morgan fingerprint density at radius 2 is 2.20 bits per heavy atom. The molecular weight excluding hydrogens is 254 g/mol. The second-order valence-electron chi connectivity index (χ2n) is 4.48. The van der Waals surface area contributed by atoms with Crippen molar-refractivity contribution in [3.63, 3.8) is 0 Å². The van der Waals surface area contributed by atoms with Crippen LogP contribution in [0.2, 0.25) is 0 Å². The summed E-state index contributed by atoms with van der Waals surface area (Å²) in [5.74, 6) is -0.321. The summed E-state index contributed by atoms with van der Waals surface area (Å²) in [5.41, 5.74) is 3.05. The van der Waals surface area contributed by atoms with Gasteiger partial charge in [0.25, 0.3) is 5.91 Å². The molecular formula is C15H13N3O2. The van der Waals surface area contributed by atoms with E-state index in [2.05, 4.69) is 15.6 Å². The van der Waals surface area contributed by atoms with Crippen LogP contribution in [0.5, 0.6) is 0 Å². The molecule has 0 atom stereocenters. The molecule has 1 aromatic carbocycles. The highest BCUT2D eigenvalue weighted by Crippen LogP contribution is 2.24. The van der Waals surface area contributed by atoms with Crippen molar-refractivity contribution in [1.29, 1.82) is 0 Å². The SMILES string of the molecule is O=C(/C=C/c1cc[nH]c1)Nc1cccc2c1CNC2=O. The van der Waals surface area contributed by atoms with Crippen molar-refractivity contribution >= 4 is 23.6 Å². The molecule has 5 heteroatoms. The average molecular weight is 267 g/mol. The van der Waals surface area contributed by atoms with Crippen molar-refractivity contribution in [3.05, 3.63) is 59.4 Å². The molecule has 100 valence electrons. The number of aromatic nitrogens is 1. The van der Waals surface area contributed by atoms with Gasteiger partial charge >= 0.3 is 0 Å². The summed E-state index contributed by atoms with van der Waals surface area (Å²) in [6.45, 7) is 0.451. The number of H-pyrrole nitrogens is 1. The molecule has 5 nitrogen and oxygen atoms in total. The monoisotopic (exact) mass is 267 g/mol. The summed E-state index contributed by atoms with van der Waals surface area (Å²) in [6, 6.07) is 7.17. The third kappa shape index (κ3) is 2.33. The molecule has 0 fully saturated rings. The molecule has 2 amide bonds. The minimum absolute atomic E-state index is 0.0982. The van der Waals surface area contributed by atoms with Crippen LogP contribution in [0, 0.1) is 0 Å². The van der Waals surface area contributed by atoms with Gasteiger partial charge in [-0.1, -0.05) is 6.07 Å². The second kappa shape index (κ2) is 5.05. The van der Waals surface area contributed by atoms with Gasteiger partial charge in [-0.3, -0.25) is 9.59 Å². The number of hydrogen-bond acceptors (Lipinski definition) is 2. The lowest BCUT2D eigenvalue weighted by atomic mass is 10.1. The number of carbonyl (C=O) groups excluding carboxylic acids is 2. The molecule has 0 aliphatic carbocycles. The third-order valence-electron chi connectivity index (χ3n) is 3.15. The molecule has 0 radical (unpaired) electrons. The summed E-state index contributed by atoms with van der Waals surface area (Å²) in [7, 11) is 0. The predicted molar refractivity (Wildman–Crippen MR) is 76.1 cm³/mol. The number of benzene rings is 1. The molecule has 0 saturated heterocycles. The van der Waals surface area contributed by atoms with E-state index in [4.69, 9.17) is 0 Å². The summed E-state index contributed by atoms with van der Waals surface area (Å²) in [6.07, 6.45) is 6.77. The number of anilines is 1. The predicted octanol–water partition coefficient (Wildman–Crippen LogP) is 1.91. The van der Waals surface area contributed by atoms with Crippen molar-refractivity contribution in [2.45, 2.75) is 6.54 Å². The first-order valence-electron chi connectivity index (χ1n) is 6.26. The van der Waals surface area contributed by atoms with Gasteiger partial charge in [-0.15, -0.1) is 0 Å². The molecule has 1 aliphatic rings. The second-order valence-corrected chi connectivity index (χ2v) is 4.48. The number of aromatic amines is 1. The summed E-state index contributed by atoms with van der Waals surface area (Å²) in [5, 5.41) is 5.54. The van der Waals surface area contributed by atoms with Crippen molar-refractivity contribution in [1.82, 2.24) is 10.3 Å². The third-order valence-corrected chi connectivity index (χ3v) is 3.15. The molecule has 2 heterocycles. The lowest BCUT2D eigenvalue weighted by Gasteiger charge is -2.06. The molecule has 3 N–H and O–H groups in total. The van der Waals surface area contributed by atoms with Crippen molar-refractivity contribution < 1.29 is 9.59 Å².